The summed E-state index contributed by atoms with van der Waals surface area (Å²) in [7, 11) is 0. The lowest BCUT2D eigenvalue weighted by atomic mass is 10.2. The first-order chi connectivity index (χ1) is 11.8. The van der Waals surface area contributed by atoms with Crippen molar-refractivity contribution in [3.63, 3.8) is 0 Å². The normalized spacial score (nSPS) is 21.2. The lowest BCUT2D eigenvalue weighted by Crippen LogP contribution is -2.55. The van der Waals surface area contributed by atoms with Crippen molar-refractivity contribution >= 4 is 35.8 Å². The van der Waals surface area contributed by atoms with Gasteiger partial charge in [0, 0.05) is 45.9 Å². The number of amides is 1. The Morgan fingerprint density at radius 3 is 2.44 bits per heavy atom. The van der Waals surface area contributed by atoms with E-state index in [1.54, 1.807) is 0 Å². The molecular formula is C18H35IN4O2. The van der Waals surface area contributed by atoms with Crippen LogP contribution >= 0.6 is 24.0 Å². The van der Waals surface area contributed by atoms with Crippen LogP contribution in [0.15, 0.2) is 4.99 Å². The Morgan fingerprint density at radius 2 is 1.84 bits per heavy atom. The second kappa shape index (κ2) is 12.7. The Balaban J connectivity index is 0.00000312. The maximum absolute atomic E-state index is 12.4. The summed E-state index contributed by atoms with van der Waals surface area (Å²) in [5, 5.41) is 3.39. The van der Waals surface area contributed by atoms with E-state index in [1.807, 2.05) is 4.90 Å². The van der Waals surface area contributed by atoms with Crippen LogP contribution in [0.25, 0.3) is 0 Å². The van der Waals surface area contributed by atoms with Gasteiger partial charge in [0.25, 0.3) is 5.91 Å². The van der Waals surface area contributed by atoms with E-state index in [-0.39, 0.29) is 36.0 Å². The Labute approximate surface area is 169 Å². The van der Waals surface area contributed by atoms with Gasteiger partial charge in [-0.1, -0.05) is 26.2 Å². The van der Waals surface area contributed by atoms with Gasteiger partial charge in [-0.25, -0.2) is 0 Å². The zero-order valence-corrected chi connectivity index (χ0v) is 18.2. The Hall–Kier alpha value is -0.570. The van der Waals surface area contributed by atoms with E-state index >= 15 is 0 Å². The molecule has 0 spiro atoms. The molecule has 2 fully saturated rings. The smallest absolute Gasteiger partial charge is 0.251 e. The monoisotopic (exact) mass is 466 g/mol. The fraction of sp³-hybridized carbons (Fsp3) is 0.889. The summed E-state index contributed by atoms with van der Waals surface area (Å²) in [4.78, 5) is 21.4. The predicted octanol–water partition coefficient (Wildman–Crippen LogP) is 2.47. The molecule has 2 saturated heterocycles. The highest BCUT2D eigenvalue weighted by molar-refractivity contribution is 14.0. The molecule has 1 atom stereocenters. The van der Waals surface area contributed by atoms with Crippen molar-refractivity contribution in [2.75, 3.05) is 45.9 Å². The molecule has 146 valence electrons. The first kappa shape index (κ1) is 22.5. The fourth-order valence-corrected chi connectivity index (χ4v) is 3.26. The third kappa shape index (κ3) is 7.29. The van der Waals surface area contributed by atoms with Gasteiger partial charge in [-0.15, -0.1) is 24.0 Å². The minimum Gasteiger partial charge on any atom is -0.368 e. The number of nitrogens with one attached hydrogen (secondary N) is 1. The summed E-state index contributed by atoms with van der Waals surface area (Å²) in [6.07, 6.45) is 6.63. The number of guanidine groups is 1. The van der Waals surface area contributed by atoms with Gasteiger partial charge < -0.3 is 19.9 Å². The van der Waals surface area contributed by atoms with Crippen LogP contribution in [0.2, 0.25) is 0 Å². The third-order valence-corrected chi connectivity index (χ3v) is 4.70. The van der Waals surface area contributed by atoms with Gasteiger partial charge in [0.15, 0.2) is 5.96 Å². The van der Waals surface area contributed by atoms with Crippen LogP contribution in [0.3, 0.4) is 0 Å². The van der Waals surface area contributed by atoms with Crippen LogP contribution in [0.5, 0.6) is 0 Å². The number of unbranched alkanes of at least 4 members (excludes halogenated alkanes) is 3. The van der Waals surface area contributed by atoms with E-state index in [2.05, 4.69) is 24.1 Å². The van der Waals surface area contributed by atoms with Crippen molar-refractivity contribution in [2.24, 2.45) is 4.99 Å². The van der Waals surface area contributed by atoms with E-state index < -0.39 is 0 Å². The Kier molecular flexibility index (Phi) is 11.4. The molecule has 1 unspecified atom stereocenters. The summed E-state index contributed by atoms with van der Waals surface area (Å²) in [6, 6.07) is 0. The molecule has 2 heterocycles. The summed E-state index contributed by atoms with van der Waals surface area (Å²) in [5.41, 5.74) is 0. The standard InChI is InChI=1S/C18H34N4O2.HI/c1-3-5-6-7-10-20-18(19-4-2)22-13-11-21(12-14-22)17(23)16-9-8-15-24-16;/h16H,3-15H2,1-2H3,(H,19,20);1H. The molecule has 0 saturated carbocycles. The number of aliphatic imine (C=N–C) groups is 1. The maximum atomic E-state index is 12.4. The van der Waals surface area contributed by atoms with E-state index in [0.29, 0.717) is 0 Å². The second-order valence-electron chi connectivity index (χ2n) is 6.61. The quantitative estimate of drug-likeness (QED) is 0.271. The lowest BCUT2D eigenvalue weighted by molar-refractivity contribution is -0.142. The van der Waals surface area contributed by atoms with Crippen LogP contribution < -0.4 is 5.32 Å². The number of halogens is 1. The molecule has 7 heteroatoms. The van der Waals surface area contributed by atoms with Crippen LogP contribution in [0, 0.1) is 0 Å². The van der Waals surface area contributed by atoms with Crippen molar-refractivity contribution < 1.29 is 9.53 Å². The van der Waals surface area contributed by atoms with Crippen LogP contribution in [0.1, 0.15) is 52.4 Å². The molecule has 0 aromatic carbocycles. The number of carbonyl (C=O) groups excluding carboxylic acids is 1. The number of nitrogens with zero attached hydrogens (tertiary/aromatic N) is 3. The van der Waals surface area contributed by atoms with Gasteiger partial charge in [-0.2, -0.15) is 0 Å². The zero-order chi connectivity index (χ0) is 17.2. The number of piperazine rings is 1. The van der Waals surface area contributed by atoms with Gasteiger partial charge in [-0.05, 0) is 26.2 Å². The lowest BCUT2D eigenvalue weighted by Gasteiger charge is -2.37. The average Bonchev–Trinajstić information content (AvgIpc) is 3.15. The minimum atomic E-state index is -0.197. The van der Waals surface area contributed by atoms with Gasteiger partial charge >= 0.3 is 0 Å². The molecule has 0 aromatic heterocycles. The summed E-state index contributed by atoms with van der Waals surface area (Å²) < 4.78 is 5.53. The van der Waals surface area contributed by atoms with Crippen LogP contribution in [-0.2, 0) is 9.53 Å². The number of ether oxygens (including phenoxy) is 1. The molecular weight excluding hydrogens is 431 g/mol. The number of rotatable bonds is 7. The summed E-state index contributed by atoms with van der Waals surface area (Å²) >= 11 is 0. The minimum absolute atomic E-state index is 0. The predicted molar refractivity (Wildman–Crippen MR) is 113 cm³/mol. The second-order valence-corrected chi connectivity index (χ2v) is 6.61. The third-order valence-electron chi connectivity index (χ3n) is 4.70. The fourth-order valence-electron chi connectivity index (χ4n) is 3.26. The Morgan fingerprint density at radius 1 is 1.12 bits per heavy atom. The van der Waals surface area contributed by atoms with Crippen molar-refractivity contribution in [1.82, 2.24) is 15.1 Å². The zero-order valence-electron chi connectivity index (χ0n) is 15.8. The molecule has 2 aliphatic heterocycles. The molecule has 6 nitrogen and oxygen atoms in total. The van der Waals surface area contributed by atoms with Gasteiger partial charge in [-0.3, -0.25) is 9.79 Å². The summed E-state index contributed by atoms with van der Waals surface area (Å²) in [6.45, 7) is 10.0. The first-order valence-electron chi connectivity index (χ1n) is 9.70. The first-order valence-corrected chi connectivity index (χ1v) is 9.70. The number of carbonyl (C=O) groups is 1. The maximum Gasteiger partial charge on any atom is 0.251 e. The summed E-state index contributed by atoms with van der Waals surface area (Å²) in [5.74, 6) is 1.17. The van der Waals surface area contributed by atoms with Crippen LogP contribution in [0.4, 0.5) is 0 Å². The largest absolute Gasteiger partial charge is 0.368 e. The van der Waals surface area contributed by atoms with E-state index in [4.69, 9.17) is 9.73 Å². The molecule has 0 aromatic rings. The van der Waals surface area contributed by atoms with Crippen molar-refractivity contribution in [2.45, 2.75) is 58.5 Å². The van der Waals surface area contributed by atoms with Crippen molar-refractivity contribution in [1.29, 1.82) is 0 Å². The SMILES string of the molecule is CCCCCCN=C(NCC)N1CCN(C(=O)C2CCCO2)CC1.I. The molecule has 1 N–H and O–H groups in total. The highest BCUT2D eigenvalue weighted by Crippen LogP contribution is 2.16. The van der Waals surface area contributed by atoms with Crippen LogP contribution in [-0.4, -0.2) is 73.6 Å². The van der Waals surface area contributed by atoms with E-state index in [1.165, 1.54) is 19.3 Å². The van der Waals surface area contributed by atoms with E-state index in [0.717, 1.165) is 71.1 Å². The van der Waals surface area contributed by atoms with Gasteiger partial charge in [0.05, 0.1) is 0 Å². The molecule has 25 heavy (non-hydrogen) atoms. The molecule has 0 aliphatic carbocycles. The number of hydrogen-bond acceptors (Lipinski definition) is 3. The van der Waals surface area contributed by atoms with Crippen molar-refractivity contribution in [3.05, 3.63) is 0 Å². The number of hydrogen-bond donors (Lipinski definition) is 1. The average molecular weight is 466 g/mol. The highest BCUT2D eigenvalue weighted by Gasteiger charge is 2.30. The molecule has 2 aliphatic rings. The van der Waals surface area contributed by atoms with Gasteiger partial charge in [0.2, 0.25) is 0 Å². The molecule has 2 rings (SSSR count). The molecule has 1 amide bonds. The van der Waals surface area contributed by atoms with Gasteiger partial charge in [0.1, 0.15) is 6.10 Å². The molecule has 0 radical (unpaired) electrons. The Bertz CT molecular complexity index is 406. The molecule has 0 bridgehead atoms. The van der Waals surface area contributed by atoms with Crippen molar-refractivity contribution in [3.8, 4) is 0 Å². The van der Waals surface area contributed by atoms with E-state index in [9.17, 15) is 4.79 Å². The highest BCUT2D eigenvalue weighted by atomic mass is 127. The topological polar surface area (TPSA) is 57.2 Å².